The highest BCUT2D eigenvalue weighted by atomic mass is 16.3. The van der Waals surface area contributed by atoms with Crippen molar-refractivity contribution in [3.63, 3.8) is 0 Å². The van der Waals surface area contributed by atoms with Crippen molar-refractivity contribution in [2.24, 2.45) is 0 Å². The summed E-state index contributed by atoms with van der Waals surface area (Å²) in [5, 5.41) is 18.8. The van der Waals surface area contributed by atoms with Gasteiger partial charge in [-0.15, -0.1) is 0 Å². The number of likely N-dealkylation sites (tertiary alicyclic amines) is 1. The smallest absolute Gasteiger partial charge is 0.0938 e. The molecule has 2 rings (SSSR count). The van der Waals surface area contributed by atoms with Gasteiger partial charge in [-0.2, -0.15) is 0 Å². The number of hydrogen-bond acceptors (Lipinski definition) is 3. The highest BCUT2D eigenvalue weighted by Gasteiger charge is 2.32. The number of nitrogens with zero attached hydrogens (tertiary/aromatic N) is 1. The Kier molecular flexibility index (Phi) is 2.67. The fourth-order valence-corrected chi connectivity index (χ4v) is 2.17. The monoisotopic (exact) mass is 183 g/mol. The minimum atomic E-state index is -0.546. The van der Waals surface area contributed by atoms with E-state index in [0.717, 1.165) is 6.42 Å². The zero-order valence-electron chi connectivity index (χ0n) is 7.76. The van der Waals surface area contributed by atoms with E-state index in [2.05, 4.69) is 17.1 Å². The van der Waals surface area contributed by atoms with Gasteiger partial charge in [0, 0.05) is 19.1 Å². The zero-order chi connectivity index (χ0) is 9.26. The molecule has 3 heteroatoms. The highest BCUT2D eigenvalue weighted by Crippen LogP contribution is 2.21. The predicted molar refractivity (Wildman–Crippen MR) is 50.4 cm³/mol. The van der Waals surface area contributed by atoms with Gasteiger partial charge in [-0.3, -0.25) is 4.90 Å². The van der Waals surface area contributed by atoms with Crippen LogP contribution in [0.15, 0.2) is 12.2 Å². The minimum absolute atomic E-state index is 0.445. The summed E-state index contributed by atoms with van der Waals surface area (Å²) in [6.07, 6.45) is 6.88. The molecule has 3 unspecified atom stereocenters. The van der Waals surface area contributed by atoms with Crippen LogP contribution in [0.3, 0.4) is 0 Å². The Morgan fingerprint density at radius 1 is 1.15 bits per heavy atom. The van der Waals surface area contributed by atoms with Crippen LogP contribution in [0.5, 0.6) is 0 Å². The molecule has 74 valence electrons. The van der Waals surface area contributed by atoms with Gasteiger partial charge in [0.05, 0.1) is 12.2 Å². The van der Waals surface area contributed by atoms with Gasteiger partial charge in [-0.05, 0) is 19.3 Å². The molecule has 1 aliphatic heterocycles. The standard InChI is InChI=1S/C10H17NO2/c12-9-6-11(7-10(9)13)8-4-2-1-3-5-8/h2,4,8-10,12-13H,1,3,5-7H2. The van der Waals surface area contributed by atoms with Crippen LogP contribution in [0, 0.1) is 0 Å². The Hall–Kier alpha value is -0.380. The third-order valence-corrected chi connectivity index (χ3v) is 2.99. The second-order valence-corrected chi connectivity index (χ2v) is 4.02. The average molecular weight is 183 g/mol. The van der Waals surface area contributed by atoms with E-state index in [1.807, 2.05) is 0 Å². The van der Waals surface area contributed by atoms with Crippen LogP contribution in [-0.4, -0.2) is 46.5 Å². The lowest BCUT2D eigenvalue weighted by atomic mass is 10.0. The summed E-state index contributed by atoms with van der Waals surface area (Å²) in [5.74, 6) is 0. The summed E-state index contributed by atoms with van der Waals surface area (Å²) in [6.45, 7) is 1.24. The fraction of sp³-hybridized carbons (Fsp3) is 0.800. The van der Waals surface area contributed by atoms with Gasteiger partial charge in [-0.1, -0.05) is 12.2 Å². The first-order chi connectivity index (χ1) is 6.27. The molecule has 1 heterocycles. The maximum atomic E-state index is 9.38. The van der Waals surface area contributed by atoms with Crippen molar-refractivity contribution >= 4 is 0 Å². The maximum Gasteiger partial charge on any atom is 0.0938 e. The van der Waals surface area contributed by atoms with E-state index in [9.17, 15) is 10.2 Å². The summed E-state index contributed by atoms with van der Waals surface area (Å²) in [6, 6.07) is 0.445. The molecule has 0 spiro atoms. The number of hydrogen-bond donors (Lipinski definition) is 2. The van der Waals surface area contributed by atoms with Crippen molar-refractivity contribution in [2.75, 3.05) is 13.1 Å². The maximum absolute atomic E-state index is 9.38. The number of rotatable bonds is 1. The van der Waals surface area contributed by atoms with Crippen LogP contribution in [0.2, 0.25) is 0 Å². The Labute approximate surface area is 78.7 Å². The van der Waals surface area contributed by atoms with E-state index in [0.29, 0.717) is 19.1 Å². The SMILES string of the molecule is OC1CN(C2C=CCCC2)CC1O. The average Bonchev–Trinajstić information content (AvgIpc) is 2.49. The van der Waals surface area contributed by atoms with Gasteiger partial charge >= 0.3 is 0 Å². The molecule has 2 aliphatic rings. The molecule has 1 saturated heterocycles. The second-order valence-electron chi connectivity index (χ2n) is 4.02. The first kappa shape index (κ1) is 9.19. The molecule has 0 radical (unpaired) electrons. The summed E-state index contributed by atoms with van der Waals surface area (Å²) in [5.41, 5.74) is 0. The van der Waals surface area contributed by atoms with E-state index in [1.54, 1.807) is 0 Å². The molecular weight excluding hydrogens is 166 g/mol. The van der Waals surface area contributed by atoms with E-state index >= 15 is 0 Å². The van der Waals surface area contributed by atoms with Crippen LogP contribution < -0.4 is 0 Å². The Bertz CT molecular complexity index is 195. The van der Waals surface area contributed by atoms with Crippen molar-refractivity contribution in [3.8, 4) is 0 Å². The van der Waals surface area contributed by atoms with Gasteiger partial charge in [-0.25, -0.2) is 0 Å². The highest BCUT2D eigenvalue weighted by molar-refractivity contribution is 5.01. The molecule has 1 aliphatic carbocycles. The summed E-state index contributed by atoms with van der Waals surface area (Å²) >= 11 is 0. The molecule has 13 heavy (non-hydrogen) atoms. The fourth-order valence-electron chi connectivity index (χ4n) is 2.17. The van der Waals surface area contributed by atoms with Gasteiger partial charge in [0.2, 0.25) is 0 Å². The molecule has 0 aromatic heterocycles. The Morgan fingerprint density at radius 3 is 2.38 bits per heavy atom. The molecule has 0 aromatic carbocycles. The van der Waals surface area contributed by atoms with Crippen molar-refractivity contribution in [1.82, 2.24) is 4.90 Å². The summed E-state index contributed by atoms with van der Waals surface area (Å²) < 4.78 is 0. The lowest BCUT2D eigenvalue weighted by Gasteiger charge is -2.26. The van der Waals surface area contributed by atoms with Gasteiger partial charge in [0.15, 0.2) is 0 Å². The molecule has 0 saturated carbocycles. The molecule has 1 fully saturated rings. The Balaban J connectivity index is 1.94. The molecular formula is C10H17NO2. The van der Waals surface area contributed by atoms with Crippen LogP contribution >= 0.6 is 0 Å². The third-order valence-electron chi connectivity index (χ3n) is 2.99. The lowest BCUT2D eigenvalue weighted by Crippen LogP contribution is -2.33. The second kappa shape index (κ2) is 3.78. The van der Waals surface area contributed by atoms with Gasteiger partial charge in [0.1, 0.15) is 0 Å². The quantitative estimate of drug-likeness (QED) is 0.568. The molecule has 0 aromatic rings. The van der Waals surface area contributed by atoms with Crippen molar-refractivity contribution in [1.29, 1.82) is 0 Å². The van der Waals surface area contributed by atoms with Crippen LogP contribution in [0.25, 0.3) is 0 Å². The van der Waals surface area contributed by atoms with E-state index in [-0.39, 0.29) is 0 Å². The van der Waals surface area contributed by atoms with Gasteiger partial charge in [0.25, 0.3) is 0 Å². The van der Waals surface area contributed by atoms with Crippen molar-refractivity contribution in [2.45, 2.75) is 37.5 Å². The van der Waals surface area contributed by atoms with E-state index < -0.39 is 12.2 Å². The zero-order valence-corrected chi connectivity index (χ0v) is 7.76. The first-order valence-corrected chi connectivity index (χ1v) is 5.04. The third kappa shape index (κ3) is 1.93. The van der Waals surface area contributed by atoms with Crippen LogP contribution in [-0.2, 0) is 0 Å². The number of aliphatic hydroxyl groups excluding tert-OH is 2. The number of allylic oxidation sites excluding steroid dienone is 1. The topological polar surface area (TPSA) is 43.7 Å². The van der Waals surface area contributed by atoms with E-state index in [1.165, 1.54) is 12.8 Å². The first-order valence-electron chi connectivity index (χ1n) is 5.04. The molecule has 0 bridgehead atoms. The number of β-amino-alcohol motifs (C(OH)–C–C–N with tert-alkyl or cyclic N) is 2. The van der Waals surface area contributed by atoms with Gasteiger partial charge < -0.3 is 10.2 Å². The predicted octanol–water partition coefficient (Wildman–Crippen LogP) is 0.133. The van der Waals surface area contributed by atoms with Crippen molar-refractivity contribution < 1.29 is 10.2 Å². The largest absolute Gasteiger partial charge is 0.389 e. The summed E-state index contributed by atoms with van der Waals surface area (Å²) in [7, 11) is 0. The minimum Gasteiger partial charge on any atom is -0.389 e. The molecule has 3 nitrogen and oxygen atoms in total. The van der Waals surface area contributed by atoms with Crippen LogP contribution in [0.4, 0.5) is 0 Å². The van der Waals surface area contributed by atoms with E-state index in [4.69, 9.17) is 0 Å². The van der Waals surface area contributed by atoms with Crippen molar-refractivity contribution in [3.05, 3.63) is 12.2 Å². The lowest BCUT2D eigenvalue weighted by molar-refractivity contribution is 0.0572. The van der Waals surface area contributed by atoms with Crippen LogP contribution in [0.1, 0.15) is 19.3 Å². The summed E-state index contributed by atoms with van der Waals surface area (Å²) in [4.78, 5) is 2.17. The normalized spacial score (nSPS) is 41.2. The Morgan fingerprint density at radius 2 is 1.85 bits per heavy atom. The molecule has 3 atom stereocenters. The molecule has 2 N–H and O–H groups in total. The molecule has 0 amide bonds. The number of aliphatic hydroxyl groups is 2.